The van der Waals surface area contributed by atoms with Gasteiger partial charge >= 0.3 is 0 Å². The van der Waals surface area contributed by atoms with Gasteiger partial charge in [0.2, 0.25) is 0 Å². The first-order valence-corrected chi connectivity index (χ1v) is 4.80. The van der Waals surface area contributed by atoms with E-state index in [4.69, 9.17) is 5.73 Å². The Kier molecular flexibility index (Phi) is 5.13. The summed E-state index contributed by atoms with van der Waals surface area (Å²) in [5.74, 6) is -0.929. The lowest BCUT2D eigenvalue weighted by molar-refractivity contribution is 0.585. The van der Waals surface area contributed by atoms with Gasteiger partial charge in [-0.3, -0.25) is 0 Å². The van der Waals surface area contributed by atoms with Gasteiger partial charge in [-0.15, -0.1) is 0 Å². The van der Waals surface area contributed by atoms with E-state index in [1.54, 1.807) is 6.92 Å². The fourth-order valence-electron chi connectivity index (χ4n) is 1.17. The molecule has 2 N–H and O–H groups in total. The minimum Gasteiger partial charge on any atom is -0.396 e. The molecule has 1 aromatic rings. The van der Waals surface area contributed by atoms with Crippen molar-refractivity contribution in [1.29, 1.82) is 0 Å². The summed E-state index contributed by atoms with van der Waals surface area (Å²) in [4.78, 5) is 0. The molecule has 1 aromatic carbocycles. The quantitative estimate of drug-likeness (QED) is 0.692. The third-order valence-electron chi connectivity index (χ3n) is 1.89. The van der Waals surface area contributed by atoms with Crippen LogP contribution in [0.2, 0.25) is 0 Å². The highest BCUT2D eigenvalue weighted by molar-refractivity contribution is 5.51. The van der Waals surface area contributed by atoms with Crippen LogP contribution in [0.15, 0.2) is 6.07 Å². The number of nitrogen functional groups attached to an aromatic ring is 1. The van der Waals surface area contributed by atoms with E-state index < -0.39 is 11.6 Å². The predicted molar refractivity (Wildman–Crippen MR) is 56.2 cm³/mol. The van der Waals surface area contributed by atoms with Crippen LogP contribution in [0.5, 0.6) is 0 Å². The fourth-order valence-corrected chi connectivity index (χ4v) is 1.17. The molecule has 0 aliphatic heterocycles. The Balaban J connectivity index is 0.000000791. The Hall–Kier alpha value is -1.12. The number of aryl methyl sites for hydroxylation is 1. The second-order valence-corrected chi connectivity index (χ2v) is 2.74. The monoisotopic (exact) mass is 201 g/mol. The second-order valence-electron chi connectivity index (χ2n) is 2.74. The maximum absolute atomic E-state index is 13.1. The lowest BCUT2D eigenvalue weighted by Gasteiger charge is -2.07. The van der Waals surface area contributed by atoms with E-state index in [-0.39, 0.29) is 16.8 Å². The van der Waals surface area contributed by atoms with Crippen molar-refractivity contribution in [3.05, 3.63) is 28.8 Å². The van der Waals surface area contributed by atoms with Crippen molar-refractivity contribution in [2.24, 2.45) is 0 Å². The van der Waals surface area contributed by atoms with Crippen molar-refractivity contribution in [3.63, 3.8) is 0 Å². The summed E-state index contributed by atoms with van der Waals surface area (Å²) in [6.45, 7) is 7.23. The number of hydrogen-bond donors (Lipinski definition) is 1. The van der Waals surface area contributed by atoms with Crippen LogP contribution < -0.4 is 5.73 Å². The van der Waals surface area contributed by atoms with Crippen molar-refractivity contribution >= 4 is 5.69 Å². The summed E-state index contributed by atoms with van der Waals surface area (Å²) in [6.07, 6.45) is 0.412. The van der Waals surface area contributed by atoms with Gasteiger partial charge < -0.3 is 5.73 Å². The summed E-state index contributed by atoms with van der Waals surface area (Å²) >= 11 is 0. The van der Waals surface area contributed by atoms with E-state index in [0.29, 0.717) is 6.42 Å². The van der Waals surface area contributed by atoms with Gasteiger partial charge in [0.25, 0.3) is 0 Å². The molecular formula is C11H17F2N. The van der Waals surface area contributed by atoms with Crippen LogP contribution in [-0.2, 0) is 6.42 Å². The Bertz CT molecular complexity index is 309. The maximum Gasteiger partial charge on any atom is 0.149 e. The van der Waals surface area contributed by atoms with Crippen molar-refractivity contribution in [3.8, 4) is 0 Å². The molecule has 80 valence electrons. The maximum atomic E-state index is 13.1. The molecule has 0 bridgehead atoms. The zero-order chi connectivity index (χ0) is 11.3. The smallest absolute Gasteiger partial charge is 0.149 e. The van der Waals surface area contributed by atoms with Crippen molar-refractivity contribution in [2.75, 3.05) is 5.73 Å². The molecule has 1 rings (SSSR count). The third-order valence-corrected chi connectivity index (χ3v) is 1.89. The third kappa shape index (κ3) is 2.44. The van der Waals surface area contributed by atoms with Crippen molar-refractivity contribution in [1.82, 2.24) is 0 Å². The van der Waals surface area contributed by atoms with Gasteiger partial charge in [-0.05, 0) is 25.0 Å². The highest BCUT2D eigenvalue weighted by Gasteiger charge is 2.11. The van der Waals surface area contributed by atoms with E-state index in [1.807, 2.05) is 13.8 Å². The fraction of sp³-hybridized carbons (Fsp3) is 0.455. The minimum absolute atomic E-state index is 0.0602. The SMILES string of the molecule is CC.CCc1c(F)cc(C)c(F)c1N. The molecule has 14 heavy (non-hydrogen) atoms. The summed E-state index contributed by atoms with van der Waals surface area (Å²) < 4.78 is 26.1. The zero-order valence-corrected chi connectivity index (χ0v) is 9.12. The molecule has 3 heteroatoms. The highest BCUT2D eigenvalue weighted by atomic mass is 19.1. The lowest BCUT2D eigenvalue weighted by Crippen LogP contribution is -2.02. The molecule has 0 radical (unpaired) electrons. The molecule has 0 heterocycles. The van der Waals surface area contributed by atoms with Crippen LogP contribution >= 0.6 is 0 Å². The first kappa shape index (κ1) is 12.9. The first-order chi connectivity index (χ1) is 6.57. The molecular weight excluding hydrogens is 184 g/mol. The van der Waals surface area contributed by atoms with E-state index in [9.17, 15) is 8.78 Å². The molecule has 0 unspecified atom stereocenters. The topological polar surface area (TPSA) is 26.0 Å². The van der Waals surface area contributed by atoms with E-state index in [1.165, 1.54) is 13.0 Å². The van der Waals surface area contributed by atoms with E-state index in [2.05, 4.69) is 0 Å². The number of benzene rings is 1. The zero-order valence-electron chi connectivity index (χ0n) is 9.12. The molecule has 0 saturated heterocycles. The molecule has 0 fully saturated rings. The second kappa shape index (κ2) is 5.58. The van der Waals surface area contributed by atoms with Crippen LogP contribution in [0.25, 0.3) is 0 Å². The number of rotatable bonds is 1. The minimum atomic E-state index is -0.506. The van der Waals surface area contributed by atoms with Gasteiger partial charge in [0.05, 0.1) is 5.69 Å². The molecule has 1 nitrogen and oxygen atoms in total. The predicted octanol–water partition coefficient (Wildman–Crippen LogP) is 3.44. The molecule has 0 saturated carbocycles. The standard InChI is InChI=1S/C9H11F2N.C2H6/c1-3-6-7(10)4-5(2)8(11)9(6)12;1-2/h4H,3,12H2,1-2H3;1-2H3. The number of halogens is 2. The molecule has 0 aliphatic rings. The van der Waals surface area contributed by atoms with Crippen LogP contribution in [-0.4, -0.2) is 0 Å². The summed E-state index contributed by atoms with van der Waals surface area (Å²) in [5.41, 5.74) is 5.83. The summed E-state index contributed by atoms with van der Waals surface area (Å²) in [7, 11) is 0. The van der Waals surface area contributed by atoms with Gasteiger partial charge in [-0.1, -0.05) is 20.8 Å². The summed E-state index contributed by atoms with van der Waals surface area (Å²) in [6, 6.07) is 1.17. The van der Waals surface area contributed by atoms with E-state index >= 15 is 0 Å². The van der Waals surface area contributed by atoms with Crippen LogP contribution in [0.1, 0.15) is 31.9 Å². The lowest BCUT2D eigenvalue weighted by atomic mass is 10.1. The van der Waals surface area contributed by atoms with E-state index in [0.717, 1.165) is 0 Å². The van der Waals surface area contributed by atoms with Crippen LogP contribution in [0.3, 0.4) is 0 Å². The normalized spacial score (nSPS) is 9.29. The van der Waals surface area contributed by atoms with Gasteiger partial charge in [-0.2, -0.15) is 0 Å². The molecule has 0 aliphatic carbocycles. The molecule has 0 amide bonds. The molecule has 0 atom stereocenters. The Morgan fingerprint density at radius 2 is 1.79 bits per heavy atom. The average molecular weight is 201 g/mol. The van der Waals surface area contributed by atoms with Gasteiger partial charge in [-0.25, -0.2) is 8.78 Å². The Labute approximate surface area is 83.9 Å². The first-order valence-electron chi connectivity index (χ1n) is 4.80. The van der Waals surface area contributed by atoms with Gasteiger partial charge in [0, 0.05) is 5.56 Å². The highest BCUT2D eigenvalue weighted by Crippen LogP contribution is 2.23. The van der Waals surface area contributed by atoms with Crippen molar-refractivity contribution < 1.29 is 8.78 Å². The Morgan fingerprint density at radius 1 is 1.29 bits per heavy atom. The number of nitrogens with two attached hydrogens (primary N) is 1. The van der Waals surface area contributed by atoms with Crippen LogP contribution in [0.4, 0.5) is 14.5 Å². The number of hydrogen-bond acceptors (Lipinski definition) is 1. The van der Waals surface area contributed by atoms with Crippen molar-refractivity contribution in [2.45, 2.75) is 34.1 Å². The Morgan fingerprint density at radius 3 is 2.21 bits per heavy atom. The van der Waals surface area contributed by atoms with Gasteiger partial charge in [0.1, 0.15) is 11.6 Å². The largest absolute Gasteiger partial charge is 0.396 e. The van der Waals surface area contributed by atoms with Gasteiger partial charge in [0.15, 0.2) is 0 Å². The average Bonchev–Trinajstić information content (AvgIpc) is 2.18. The summed E-state index contributed by atoms with van der Waals surface area (Å²) in [5, 5.41) is 0. The van der Waals surface area contributed by atoms with Crippen LogP contribution in [0, 0.1) is 18.6 Å². The number of anilines is 1. The molecule has 0 aromatic heterocycles. The molecule has 0 spiro atoms.